The first kappa shape index (κ1) is 38.7. The van der Waals surface area contributed by atoms with E-state index in [0.717, 1.165) is 0 Å². The molecule has 0 fully saturated rings. The highest BCUT2D eigenvalue weighted by molar-refractivity contribution is 7.56. The first-order chi connectivity index (χ1) is 26.9. The van der Waals surface area contributed by atoms with Gasteiger partial charge in [-0.1, -0.05) is 91.0 Å². The Morgan fingerprint density at radius 2 is 1.04 bits per heavy atom. The Bertz CT molecular complexity index is 2280. The summed E-state index contributed by atoms with van der Waals surface area (Å²) in [6.45, 7) is 0. The molecule has 0 bridgehead atoms. The fourth-order valence-corrected chi connectivity index (χ4v) is 8.75. The molecule has 0 radical (unpaired) electrons. The molecule has 0 saturated heterocycles. The lowest BCUT2D eigenvalue weighted by atomic mass is 9.80. The summed E-state index contributed by atoms with van der Waals surface area (Å²) in [5.41, 5.74) is 1.42. The third-order valence-electron chi connectivity index (χ3n) is 8.67. The smallest absolute Gasteiger partial charge is 0.270 e. The summed E-state index contributed by atoms with van der Waals surface area (Å²) in [5.74, 6) is 1.38. The summed E-state index contributed by atoms with van der Waals surface area (Å²) in [6, 6.07) is 40.4. The number of ether oxygens (including phenoxy) is 3. The van der Waals surface area contributed by atoms with E-state index in [4.69, 9.17) is 27.8 Å². The van der Waals surface area contributed by atoms with Crippen LogP contribution in [0.5, 0.6) is 28.7 Å². The molecule has 0 amide bonds. The van der Waals surface area contributed by atoms with Crippen molar-refractivity contribution in [3.63, 3.8) is 0 Å². The van der Waals surface area contributed by atoms with Crippen LogP contribution in [0.15, 0.2) is 140 Å². The molecule has 2 atom stereocenters. The second-order valence-corrected chi connectivity index (χ2v) is 14.6. The lowest BCUT2D eigenvalue weighted by Crippen LogP contribution is -2.34. The van der Waals surface area contributed by atoms with Gasteiger partial charge in [-0.25, -0.2) is 0 Å². The van der Waals surface area contributed by atoms with Gasteiger partial charge in [-0.2, -0.15) is 0 Å². The van der Waals surface area contributed by atoms with Crippen molar-refractivity contribution in [3.05, 3.63) is 173 Å². The molecule has 0 aliphatic rings. The van der Waals surface area contributed by atoms with Gasteiger partial charge in [-0.3, -0.25) is 23.5 Å². The van der Waals surface area contributed by atoms with E-state index in [9.17, 15) is 18.9 Å². The number of hydrogen-bond donors (Lipinski definition) is 0. The van der Waals surface area contributed by atoms with Gasteiger partial charge in [0.25, 0.3) is 16.4 Å². The second-order valence-electron chi connectivity index (χ2n) is 11.9. The van der Waals surface area contributed by atoms with E-state index in [0.29, 0.717) is 63.3 Å². The van der Waals surface area contributed by atoms with Crippen LogP contribution >= 0.6 is 16.4 Å². The van der Waals surface area contributed by atoms with Gasteiger partial charge in [0.2, 0.25) is 0 Å². The molecule has 0 spiro atoms. The lowest BCUT2D eigenvalue weighted by Gasteiger charge is -2.39. The highest BCUT2D eigenvalue weighted by Gasteiger charge is 2.45. The van der Waals surface area contributed by atoms with Crippen molar-refractivity contribution in [1.82, 2.24) is 0 Å². The van der Waals surface area contributed by atoms with Gasteiger partial charge in [-0.15, -0.1) is 0 Å². The molecule has 0 aliphatic carbocycles. The Labute approximate surface area is 320 Å². The average Bonchev–Trinajstić information content (AvgIpc) is 3.25. The fourth-order valence-electron chi connectivity index (χ4n) is 6.01. The topological polar surface area (TPSA) is 124 Å². The number of carbonyl (C=O) groups excluding carboxylic acids is 3. The van der Waals surface area contributed by atoms with Crippen molar-refractivity contribution in [2.75, 3.05) is 21.3 Å². The van der Waals surface area contributed by atoms with Crippen LogP contribution in [0.4, 0.5) is 0 Å². The molecular weight excluding hydrogens is 738 g/mol. The van der Waals surface area contributed by atoms with E-state index < -0.39 is 22.0 Å². The van der Waals surface area contributed by atoms with E-state index >= 15 is 0 Å². The van der Waals surface area contributed by atoms with E-state index in [1.807, 2.05) is 72.8 Å². The number of carbonyl (C=O) groups is 3. The molecule has 55 heavy (non-hydrogen) atoms. The quantitative estimate of drug-likeness (QED) is 0.0508. The van der Waals surface area contributed by atoms with Crippen LogP contribution in [-0.4, -0.2) is 40.2 Å². The molecule has 0 N–H and O–H groups in total. The summed E-state index contributed by atoms with van der Waals surface area (Å²) in [5, 5.41) is 0.767. The summed E-state index contributed by atoms with van der Waals surface area (Å²) in [4.78, 5) is 35.0. The zero-order chi connectivity index (χ0) is 38.8. The van der Waals surface area contributed by atoms with Gasteiger partial charge in [-0.05, 0) is 59.7 Å². The molecule has 10 nitrogen and oxygen atoms in total. The molecule has 6 aromatic carbocycles. The maximum absolute atomic E-state index is 14.1. The van der Waals surface area contributed by atoms with E-state index in [-0.39, 0.29) is 28.3 Å². The largest absolute Gasteiger partial charge is 0.496 e. The molecule has 0 aromatic heterocycles. The van der Waals surface area contributed by atoms with Crippen LogP contribution in [0, 0.1) is 0 Å². The van der Waals surface area contributed by atoms with Gasteiger partial charge >= 0.3 is 0 Å². The van der Waals surface area contributed by atoms with Crippen molar-refractivity contribution >= 4 is 45.9 Å². The first-order valence-electron chi connectivity index (χ1n) is 16.9. The molecule has 2 unspecified atom stereocenters. The van der Waals surface area contributed by atoms with Crippen LogP contribution in [-0.2, 0) is 14.7 Å². The van der Waals surface area contributed by atoms with Crippen LogP contribution in [0.1, 0.15) is 47.8 Å². The van der Waals surface area contributed by atoms with Gasteiger partial charge in [0.1, 0.15) is 36.1 Å². The molecule has 6 aromatic rings. The number of para-hydroxylation sites is 1. The van der Waals surface area contributed by atoms with Crippen molar-refractivity contribution in [2.45, 2.75) is 5.60 Å². The van der Waals surface area contributed by atoms with E-state index in [2.05, 4.69) is 0 Å². The number of aldehydes is 3. The minimum absolute atomic E-state index is 0.242. The summed E-state index contributed by atoms with van der Waals surface area (Å²) >= 11 is 0. The zero-order valence-corrected chi connectivity index (χ0v) is 31.9. The van der Waals surface area contributed by atoms with Crippen molar-refractivity contribution in [3.8, 4) is 28.7 Å². The normalized spacial score (nSPS) is 12.1. The standard InChI is InChI=1S/C43H36O10P2/c1-48-38-24-30(27-44)18-21-37(38)52-55(42-23-20-32(29-46)26-40(42)50-3)53-43(33-12-6-4-7-13-33,34-14-8-5-9-15-34)35-16-10-11-17-36(35)51-54(47)41-22-19-31(28-45)25-39(41)49-2/h4-29,54H,1-3H3. The molecule has 6 rings (SSSR count). The predicted molar refractivity (Wildman–Crippen MR) is 212 cm³/mol. The molecule has 278 valence electrons. The van der Waals surface area contributed by atoms with Crippen molar-refractivity contribution in [1.29, 1.82) is 0 Å². The van der Waals surface area contributed by atoms with E-state index in [1.165, 1.54) is 27.4 Å². The zero-order valence-electron chi connectivity index (χ0n) is 30.0. The molecular formula is C43H36O10P2. The van der Waals surface area contributed by atoms with Crippen LogP contribution in [0.25, 0.3) is 0 Å². The maximum atomic E-state index is 14.1. The van der Waals surface area contributed by atoms with Gasteiger partial charge < -0.3 is 23.3 Å². The monoisotopic (exact) mass is 774 g/mol. The Kier molecular flexibility index (Phi) is 12.5. The maximum Gasteiger partial charge on any atom is 0.270 e. The minimum atomic E-state index is -3.06. The molecule has 0 aliphatic heterocycles. The Hall–Kier alpha value is -6.05. The third kappa shape index (κ3) is 8.22. The Balaban J connectivity index is 1.61. The number of rotatable bonds is 17. The van der Waals surface area contributed by atoms with Gasteiger partial charge in [0.15, 0.2) is 17.1 Å². The highest BCUT2D eigenvalue weighted by atomic mass is 31.2. The average molecular weight is 775 g/mol. The van der Waals surface area contributed by atoms with Crippen molar-refractivity contribution < 1.29 is 46.7 Å². The van der Waals surface area contributed by atoms with Gasteiger partial charge in [0, 0.05) is 22.3 Å². The Morgan fingerprint density at radius 3 is 1.62 bits per heavy atom. The van der Waals surface area contributed by atoms with Gasteiger partial charge in [0.05, 0.1) is 31.9 Å². The molecule has 0 heterocycles. The second kappa shape index (κ2) is 17.9. The van der Waals surface area contributed by atoms with Crippen LogP contribution in [0.3, 0.4) is 0 Å². The summed E-state index contributed by atoms with van der Waals surface area (Å²) in [7, 11) is -0.928. The minimum Gasteiger partial charge on any atom is -0.496 e. The van der Waals surface area contributed by atoms with Crippen LogP contribution in [0.2, 0.25) is 0 Å². The Morgan fingerprint density at radius 1 is 0.527 bits per heavy atom. The third-order valence-corrected chi connectivity index (χ3v) is 11.5. The van der Waals surface area contributed by atoms with Crippen LogP contribution < -0.4 is 33.9 Å². The number of benzene rings is 6. The lowest BCUT2D eigenvalue weighted by molar-refractivity contribution is 0.111. The first-order valence-corrected chi connectivity index (χ1v) is 19.4. The van der Waals surface area contributed by atoms with E-state index in [1.54, 1.807) is 60.7 Å². The summed E-state index contributed by atoms with van der Waals surface area (Å²) < 4.78 is 51.8. The molecule has 12 heteroatoms. The SMILES string of the molecule is COc1cc(C=O)ccc1OP(OC(c1ccccc1)(c1ccccc1)c1ccccc1O[PH](=O)c1ccc(C=O)cc1OC)c1ccc(C=O)cc1OC. The number of methoxy groups -OCH3 is 3. The summed E-state index contributed by atoms with van der Waals surface area (Å²) in [6.07, 6.45) is 2.10. The highest BCUT2D eigenvalue weighted by Crippen LogP contribution is 2.56. The molecule has 0 saturated carbocycles. The van der Waals surface area contributed by atoms with Crippen molar-refractivity contribution in [2.24, 2.45) is 0 Å². The fraction of sp³-hybridized carbons (Fsp3) is 0.0930. The predicted octanol–water partition coefficient (Wildman–Crippen LogP) is 8.35. The number of hydrogen-bond acceptors (Lipinski definition) is 10.